The summed E-state index contributed by atoms with van der Waals surface area (Å²) in [5, 5.41) is 6.66. The minimum atomic E-state index is 0.262. The highest BCUT2D eigenvalue weighted by Gasteiger charge is 2.13. The van der Waals surface area contributed by atoms with E-state index in [1.54, 1.807) is 12.4 Å². The molecule has 2 heterocycles. The second-order valence-corrected chi connectivity index (χ2v) is 4.29. The molecule has 1 aromatic carbocycles. The standard InChI is InChI=1S/C13H11N3O2S/c19-13(15-9-3-5-14-6-4-9)16-10-1-2-11-12(7-10)18-8-17-11/h1-7H,8H2,(H2,14,15,16,19). The third kappa shape index (κ3) is 2.74. The van der Waals surface area contributed by atoms with Gasteiger partial charge in [0.2, 0.25) is 6.79 Å². The molecule has 1 aliphatic heterocycles. The quantitative estimate of drug-likeness (QED) is 0.820. The Hall–Kier alpha value is -2.34. The smallest absolute Gasteiger partial charge is 0.231 e. The number of nitrogens with one attached hydrogen (secondary N) is 2. The third-order valence-corrected chi connectivity index (χ3v) is 2.77. The topological polar surface area (TPSA) is 55.4 Å². The molecule has 0 bridgehead atoms. The van der Waals surface area contributed by atoms with Gasteiger partial charge >= 0.3 is 0 Å². The van der Waals surface area contributed by atoms with Gasteiger partial charge < -0.3 is 20.1 Å². The summed E-state index contributed by atoms with van der Waals surface area (Å²) in [6.45, 7) is 0.262. The molecule has 0 unspecified atom stereocenters. The molecule has 0 atom stereocenters. The van der Waals surface area contributed by atoms with E-state index in [-0.39, 0.29) is 6.79 Å². The first-order valence-electron chi connectivity index (χ1n) is 5.69. The van der Waals surface area contributed by atoms with Gasteiger partial charge in [0.1, 0.15) is 0 Å². The number of ether oxygens (including phenoxy) is 2. The van der Waals surface area contributed by atoms with Crippen LogP contribution in [0.3, 0.4) is 0 Å². The monoisotopic (exact) mass is 273 g/mol. The van der Waals surface area contributed by atoms with Gasteiger partial charge in [-0.15, -0.1) is 0 Å². The zero-order chi connectivity index (χ0) is 13.1. The van der Waals surface area contributed by atoms with Gasteiger partial charge in [-0.25, -0.2) is 0 Å². The minimum absolute atomic E-state index is 0.262. The van der Waals surface area contributed by atoms with Crippen LogP contribution in [0.1, 0.15) is 0 Å². The molecular weight excluding hydrogens is 262 g/mol. The van der Waals surface area contributed by atoms with Crippen LogP contribution in [0.25, 0.3) is 0 Å². The number of rotatable bonds is 2. The number of fused-ring (bicyclic) bond motifs is 1. The van der Waals surface area contributed by atoms with Crippen molar-refractivity contribution in [1.82, 2.24) is 4.98 Å². The molecule has 0 radical (unpaired) electrons. The Balaban J connectivity index is 1.66. The fourth-order valence-electron chi connectivity index (χ4n) is 1.70. The highest BCUT2D eigenvalue weighted by atomic mass is 32.1. The lowest BCUT2D eigenvalue weighted by Crippen LogP contribution is -2.18. The van der Waals surface area contributed by atoms with Gasteiger partial charge in [-0.3, -0.25) is 4.98 Å². The van der Waals surface area contributed by atoms with E-state index in [0.717, 1.165) is 22.9 Å². The van der Waals surface area contributed by atoms with Crippen LogP contribution in [0.4, 0.5) is 11.4 Å². The molecule has 0 amide bonds. The largest absolute Gasteiger partial charge is 0.454 e. The summed E-state index contributed by atoms with van der Waals surface area (Å²) < 4.78 is 10.6. The van der Waals surface area contributed by atoms with E-state index < -0.39 is 0 Å². The average Bonchev–Trinajstić information content (AvgIpc) is 2.87. The summed E-state index contributed by atoms with van der Waals surface area (Å²) in [5.74, 6) is 1.47. The van der Waals surface area contributed by atoms with Crippen LogP contribution in [-0.4, -0.2) is 16.9 Å². The molecule has 6 heteroatoms. The van der Waals surface area contributed by atoms with E-state index in [9.17, 15) is 0 Å². The normalized spacial score (nSPS) is 12.0. The summed E-state index contributed by atoms with van der Waals surface area (Å²) in [6.07, 6.45) is 3.40. The summed E-state index contributed by atoms with van der Waals surface area (Å²) in [7, 11) is 0. The first kappa shape index (κ1) is 11.7. The Labute approximate surface area is 115 Å². The van der Waals surface area contributed by atoms with Crippen LogP contribution < -0.4 is 20.1 Å². The Morgan fingerprint density at radius 1 is 1.00 bits per heavy atom. The van der Waals surface area contributed by atoms with E-state index >= 15 is 0 Å². The number of aromatic nitrogens is 1. The predicted octanol–water partition coefficient (Wildman–Crippen LogP) is 2.62. The maximum atomic E-state index is 5.30. The van der Waals surface area contributed by atoms with Crippen molar-refractivity contribution in [2.24, 2.45) is 0 Å². The molecule has 0 spiro atoms. The molecule has 0 saturated carbocycles. The van der Waals surface area contributed by atoms with Crippen LogP contribution in [0.15, 0.2) is 42.7 Å². The van der Waals surface area contributed by atoms with Crippen molar-refractivity contribution in [3.63, 3.8) is 0 Å². The highest BCUT2D eigenvalue weighted by molar-refractivity contribution is 7.80. The van der Waals surface area contributed by atoms with Crippen LogP contribution in [0, 0.1) is 0 Å². The van der Waals surface area contributed by atoms with Crippen molar-refractivity contribution in [2.75, 3.05) is 17.4 Å². The zero-order valence-corrected chi connectivity index (χ0v) is 10.7. The number of hydrogen-bond donors (Lipinski definition) is 2. The lowest BCUT2D eigenvalue weighted by molar-refractivity contribution is 0.174. The second-order valence-electron chi connectivity index (χ2n) is 3.88. The Morgan fingerprint density at radius 2 is 1.74 bits per heavy atom. The van der Waals surface area contributed by atoms with Gasteiger partial charge in [0.15, 0.2) is 16.6 Å². The zero-order valence-electron chi connectivity index (χ0n) is 9.92. The van der Waals surface area contributed by atoms with Gasteiger partial charge in [0.25, 0.3) is 0 Å². The Morgan fingerprint density at radius 3 is 2.58 bits per heavy atom. The number of hydrogen-bond acceptors (Lipinski definition) is 4. The van der Waals surface area contributed by atoms with Gasteiger partial charge in [-0.2, -0.15) is 0 Å². The third-order valence-electron chi connectivity index (χ3n) is 2.57. The SMILES string of the molecule is S=C(Nc1ccncc1)Nc1ccc2c(c1)OCO2. The average molecular weight is 273 g/mol. The molecule has 19 heavy (non-hydrogen) atoms. The van der Waals surface area contributed by atoms with Crippen molar-refractivity contribution < 1.29 is 9.47 Å². The van der Waals surface area contributed by atoms with E-state index in [4.69, 9.17) is 21.7 Å². The first-order valence-corrected chi connectivity index (χ1v) is 6.10. The molecule has 1 aliphatic rings. The number of pyridine rings is 1. The van der Waals surface area contributed by atoms with E-state index in [1.807, 2.05) is 30.3 Å². The molecule has 0 aliphatic carbocycles. The summed E-state index contributed by atoms with van der Waals surface area (Å²) >= 11 is 5.23. The van der Waals surface area contributed by atoms with Crippen molar-refractivity contribution in [3.8, 4) is 11.5 Å². The molecule has 1 aromatic heterocycles. The Bertz CT molecular complexity index is 604. The van der Waals surface area contributed by atoms with Gasteiger partial charge in [-0.05, 0) is 36.5 Å². The lowest BCUT2D eigenvalue weighted by Gasteiger charge is -2.10. The molecule has 96 valence electrons. The maximum Gasteiger partial charge on any atom is 0.231 e. The Kier molecular flexibility index (Phi) is 3.16. The van der Waals surface area contributed by atoms with Crippen molar-refractivity contribution in [3.05, 3.63) is 42.7 Å². The number of nitrogens with zero attached hydrogens (tertiary/aromatic N) is 1. The predicted molar refractivity (Wildman–Crippen MR) is 76.6 cm³/mol. The molecular formula is C13H11N3O2S. The highest BCUT2D eigenvalue weighted by Crippen LogP contribution is 2.34. The van der Waals surface area contributed by atoms with Crippen LogP contribution in [0.5, 0.6) is 11.5 Å². The summed E-state index contributed by atoms with van der Waals surface area (Å²) in [6, 6.07) is 9.26. The van der Waals surface area contributed by atoms with Crippen molar-refractivity contribution in [2.45, 2.75) is 0 Å². The van der Waals surface area contributed by atoms with E-state index in [2.05, 4.69) is 15.6 Å². The van der Waals surface area contributed by atoms with Crippen LogP contribution in [-0.2, 0) is 0 Å². The molecule has 3 rings (SSSR count). The number of anilines is 2. The molecule has 2 aromatic rings. The van der Waals surface area contributed by atoms with Crippen LogP contribution in [0.2, 0.25) is 0 Å². The maximum absolute atomic E-state index is 5.30. The molecule has 5 nitrogen and oxygen atoms in total. The number of benzene rings is 1. The fraction of sp³-hybridized carbons (Fsp3) is 0.0769. The summed E-state index contributed by atoms with van der Waals surface area (Å²) in [4.78, 5) is 3.94. The van der Waals surface area contributed by atoms with E-state index in [1.165, 1.54) is 0 Å². The summed E-state index contributed by atoms with van der Waals surface area (Å²) in [5.41, 5.74) is 1.73. The lowest BCUT2D eigenvalue weighted by atomic mass is 10.3. The second kappa shape index (κ2) is 5.11. The molecule has 0 saturated heterocycles. The first-order chi connectivity index (χ1) is 9.31. The van der Waals surface area contributed by atoms with Crippen molar-refractivity contribution in [1.29, 1.82) is 0 Å². The van der Waals surface area contributed by atoms with Gasteiger partial charge in [0, 0.05) is 29.8 Å². The van der Waals surface area contributed by atoms with Gasteiger partial charge in [-0.1, -0.05) is 0 Å². The van der Waals surface area contributed by atoms with Crippen molar-refractivity contribution >= 4 is 28.7 Å². The number of thiocarbonyl (C=S) groups is 1. The van der Waals surface area contributed by atoms with Crippen LogP contribution >= 0.6 is 12.2 Å². The minimum Gasteiger partial charge on any atom is -0.454 e. The fourth-order valence-corrected chi connectivity index (χ4v) is 1.94. The van der Waals surface area contributed by atoms with E-state index in [0.29, 0.717) is 5.11 Å². The van der Waals surface area contributed by atoms with Gasteiger partial charge in [0.05, 0.1) is 0 Å². The molecule has 0 fully saturated rings. The molecule has 2 N–H and O–H groups in total.